The Bertz CT molecular complexity index is 1240. The summed E-state index contributed by atoms with van der Waals surface area (Å²) in [6, 6.07) is 18.1. The monoisotopic (exact) mass is 523 g/mol. The van der Waals surface area contributed by atoms with E-state index in [1.165, 1.54) is 42.3 Å². The minimum absolute atomic E-state index is 0.0102. The first-order chi connectivity index (χ1) is 18.3. The van der Waals surface area contributed by atoms with Crippen LogP contribution in [0, 0.1) is 15.9 Å². The Morgan fingerprint density at radius 3 is 2.39 bits per heavy atom. The van der Waals surface area contributed by atoms with Gasteiger partial charge in [-0.25, -0.2) is 4.39 Å². The van der Waals surface area contributed by atoms with E-state index in [1.54, 1.807) is 12.1 Å². The van der Waals surface area contributed by atoms with Gasteiger partial charge in [-0.05, 0) is 35.7 Å². The maximum atomic E-state index is 13.5. The quantitative estimate of drug-likeness (QED) is 0.264. The van der Waals surface area contributed by atoms with Gasteiger partial charge in [-0.3, -0.25) is 19.7 Å². The van der Waals surface area contributed by atoms with Crippen molar-refractivity contribution in [3.05, 3.63) is 99.9 Å². The van der Waals surface area contributed by atoms with Gasteiger partial charge in [-0.15, -0.1) is 0 Å². The number of hydrogen-bond donors (Lipinski definition) is 1. The van der Waals surface area contributed by atoms with Crippen LogP contribution in [-0.2, 0) is 22.6 Å². The lowest BCUT2D eigenvalue weighted by Crippen LogP contribution is -2.51. The van der Waals surface area contributed by atoms with Crippen LogP contribution in [0.15, 0.2) is 72.8 Å². The minimum Gasteiger partial charge on any atom is -0.490 e. The summed E-state index contributed by atoms with van der Waals surface area (Å²) in [6.45, 7) is 1.99. The van der Waals surface area contributed by atoms with E-state index in [2.05, 4.69) is 5.32 Å². The highest BCUT2D eigenvalue weighted by Gasteiger charge is 2.30. The molecule has 0 heterocycles. The molecule has 10 heteroatoms. The third-order valence-corrected chi connectivity index (χ3v) is 5.80. The molecule has 0 saturated carbocycles. The Morgan fingerprint density at radius 2 is 1.76 bits per heavy atom. The van der Waals surface area contributed by atoms with Crippen molar-refractivity contribution in [1.29, 1.82) is 0 Å². The summed E-state index contributed by atoms with van der Waals surface area (Å²) in [5, 5.41) is 14.0. The van der Waals surface area contributed by atoms with Crippen molar-refractivity contribution in [2.45, 2.75) is 32.4 Å². The first-order valence-corrected chi connectivity index (χ1v) is 12.1. The van der Waals surface area contributed by atoms with Gasteiger partial charge in [0.1, 0.15) is 17.6 Å². The molecule has 1 N–H and O–H groups in total. The van der Waals surface area contributed by atoms with E-state index >= 15 is 0 Å². The van der Waals surface area contributed by atoms with Gasteiger partial charge in [0.15, 0.2) is 6.61 Å². The molecule has 0 aliphatic carbocycles. The van der Waals surface area contributed by atoms with Crippen molar-refractivity contribution in [3.63, 3.8) is 0 Å². The number of nitrogens with one attached hydrogen (secondary N) is 1. The zero-order chi connectivity index (χ0) is 27.5. The number of rotatable bonds is 13. The molecule has 3 aromatic rings. The molecule has 3 rings (SSSR count). The molecule has 0 aliphatic heterocycles. The molecule has 3 aromatic carbocycles. The zero-order valence-electron chi connectivity index (χ0n) is 21.3. The second-order valence-electron chi connectivity index (χ2n) is 8.52. The molecule has 0 fully saturated rings. The standard InChI is InChI=1S/C28H30FN3O6/c1-3-15-30-28(34)25(16-20-7-5-4-6-8-20)31(18-21-9-11-22(29)12-10-21)27(33)19-38-23-13-14-24(32(35)36)26(17-23)37-2/h4-14,17,25H,3,15-16,18-19H2,1-2H3,(H,30,34)/t25-/m1/s1. The van der Waals surface area contributed by atoms with Crippen LogP contribution in [-0.4, -0.2) is 47.9 Å². The molecule has 0 aromatic heterocycles. The fraction of sp³-hybridized carbons (Fsp3) is 0.286. The van der Waals surface area contributed by atoms with Crippen molar-refractivity contribution >= 4 is 17.5 Å². The number of carbonyl (C=O) groups excluding carboxylic acids is 2. The molecule has 0 radical (unpaired) electrons. The SMILES string of the molecule is CCCNC(=O)[C@@H](Cc1ccccc1)N(Cc1ccc(F)cc1)C(=O)COc1ccc([N+](=O)[O-])c(OC)c1. The number of amides is 2. The summed E-state index contributed by atoms with van der Waals surface area (Å²) >= 11 is 0. The van der Waals surface area contributed by atoms with Crippen LogP contribution in [0.25, 0.3) is 0 Å². The molecular weight excluding hydrogens is 493 g/mol. The number of benzene rings is 3. The van der Waals surface area contributed by atoms with Gasteiger partial charge < -0.3 is 19.7 Å². The molecule has 0 aliphatic rings. The van der Waals surface area contributed by atoms with Gasteiger partial charge in [0, 0.05) is 31.6 Å². The van der Waals surface area contributed by atoms with Crippen LogP contribution in [0.1, 0.15) is 24.5 Å². The van der Waals surface area contributed by atoms with E-state index in [0.717, 1.165) is 12.0 Å². The van der Waals surface area contributed by atoms with Gasteiger partial charge in [0.2, 0.25) is 11.7 Å². The largest absolute Gasteiger partial charge is 0.490 e. The summed E-state index contributed by atoms with van der Waals surface area (Å²) in [5.74, 6) is -1.03. The molecule has 0 unspecified atom stereocenters. The van der Waals surface area contributed by atoms with Gasteiger partial charge in [-0.1, -0.05) is 49.4 Å². The van der Waals surface area contributed by atoms with E-state index < -0.39 is 29.3 Å². The fourth-order valence-corrected chi connectivity index (χ4v) is 3.83. The van der Waals surface area contributed by atoms with Crippen LogP contribution in [0.5, 0.6) is 11.5 Å². The summed E-state index contributed by atoms with van der Waals surface area (Å²) < 4.78 is 24.2. The summed E-state index contributed by atoms with van der Waals surface area (Å²) in [7, 11) is 1.30. The molecule has 0 saturated heterocycles. The molecule has 9 nitrogen and oxygen atoms in total. The summed E-state index contributed by atoms with van der Waals surface area (Å²) in [6.07, 6.45) is 0.982. The number of hydrogen-bond acceptors (Lipinski definition) is 6. The highest BCUT2D eigenvalue weighted by atomic mass is 19.1. The van der Waals surface area contributed by atoms with E-state index in [9.17, 15) is 24.1 Å². The normalized spacial score (nSPS) is 11.3. The Kier molecular flexibility index (Phi) is 10.2. The second-order valence-corrected chi connectivity index (χ2v) is 8.52. The fourth-order valence-electron chi connectivity index (χ4n) is 3.83. The van der Waals surface area contributed by atoms with Gasteiger partial charge in [0.05, 0.1) is 12.0 Å². The van der Waals surface area contributed by atoms with E-state index in [0.29, 0.717) is 12.1 Å². The van der Waals surface area contributed by atoms with Gasteiger partial charge in [-0.2, -0.15) is 0 Å². The Labute approximate surface area is 220 Å². The zero-order valence-corrected chi connectivity index (χ0v) is 21.3. The van der Waals surface area contributed by atoms with Crippen LogP contribution in [0.3, 0.4) is 0 Å². The second kappa shape index (κ2) is 13.7. The smallest absolute Gasteiger partial charge is 0.311 e. The van der Waals surface area contributed by atoms with Crippen molar-refractivity contribution in [3.8, 4) is 11.5 Å². The Morgan fingerprint density at radius 1 is 1.05 bits per heavy atom. The highest BCUT2D eigenvalue weighted by molar-refractivity contribution is 5.88. The summed E-state index contributed by atoms with van der Waals surface area (Å²) in [5.41, 5.74) is 1.26. The molecule has 1 atom stereocenters. The number of nitro benzene ring substituents is 1. The molecule has 0 bridgehead atoms. The maximum absolute atomic E-state index is 13.5. The highest BCUT2D eigenvalue weighted by Crippen LogP contribution is 2.30. The molecule has 2 amide bonds. The van der Waals surface area contributed by atoms with Crippen LogP contribution in [0.4, 0.5) is 10.1 Å². The number of nitro groups is 1. The predicted molar refractivity (Wildman–Crippen MR) is 139 cm³/mol. The van der Waals surface area contributed by atoms with Gasteiger partial charge in [0.25, 0.3) is 5.91 Å². The van der Waals surface area contributed by atoms with E-state index in [-0.39, 0.29) is 36.1 Å². The molecule has 0 spiro atoms. The first kappa shape index (κ1) is 28.1. The van der Waals surface area contributed by atoms with Crippen LogP contribution >= 0.6 is 0 Å². The maximum Gasteiger partial charge on any atom is 0.311 e. The average Bonchev–Trinajstić information content (AvgIpc) is 2.93. The summed E-state index contributed by atoms with van der Waals surface area (Å²) in [4.78, 5) is 38.8. The van der Waals surface area contributed by atoms with Crippen LogP contribution in [0.2, 0.25) is 0 Å². The number of ether oxygens (including phenoxy) is 2. The number of carbonyl (C=O) groups is 2. The van der Waals surface area contributed by atoms with Crippen molar-refractivity contribution in [1.82, 2.24) is 10.2 Å². The van der Waals surface area contributed by atoms with E-state index in [4.69, 9.17) is 9.47 Å². The number of nitrogens with zero attached hydrogens (tertiary/aromatic N) is 2. The topological polar surface area (TPSA) is 111 Å². The first-order valence-electron chi connectivity index (χ1n) is 12.1. The van der Waals surface area contributed by atoms with Crippen molar-refractivity contribution < 1.29 is 28.4 Å². The molecule has 200 valence electrons. The lowest BCUT2D eigenvalue weighted by Gasteiger charge is -2.31. The van der Waals surface area contributed by atoms with Crippen LogP contribution < -0.4 is 14.8 Å². The minimum atomic E-state index is -0.864. The van der Waals surface area contributed by atoms with E-state index in [1.807, 2.05) is 37.3 Å². The van der Waals surface area contributed by atoms with Crippen molar-refractivity contribution in [2.24, 2.45) is 0 Å². The third-order valence-electron chi connectivity index (χ3n) is 5.80. The number of methoxy groups -OCH3 is 1. The van der Waals surface area contributed by atoms with Gasteiger partial charge >= 0.3 is 5.69 Å². The van der Waals surface area contributed by atoms with Crippen molar-refractivity contribution in [2.75, 3.05) is 20.3 Å². The Balaban J connectivity index is 1.89. The Hall–Kier alpha value is -4.47. The molecular formula is C28H30FN3O6. The molecule has 38 heavy (non-hydrogen) atoms. The average molecular weight is 524 g/mol. The third kappa shape index (κ3) is 7.76. The predicted octanol–water partition coefficient (Wildman–Crippen LogP) is 4.29. The lowest BCUT2D eigenvalue weighted by molar-refractivity contribution is -0.385. The lowest BCUT2D eigenvalue weighted by atomic mass is 10.0. The number of halogens is 1.